The lowest BCUT2D eigenvalue weighted by Crippen LogP contribution is -2.27. The second-order valence-electron chi connectivity index (χ2n) is 4.69. The van der Waals surface area contributed by atoms with Crippen molar-refractivity contribution in [2.24, 2.45) is 5.73 Å². The summed E-state index contributed by atoms with van der Waals surface area (Å²) in [6.07, 6.45) is 2.73. The first-order valence-electron chi connectivity index (χ1n) is 6.37. The van der Waals surface area contributed by atoms with Crippen molar-refractivity contribution in [3.63, 3.8) is 0 Å². The topological polar surface area (TPSA) is 55.6 Å². The average molecular weight is 248 g/mol. The van der Waals surface area contributed by atoms with Crippen LogP contribution in [0.15, 0.2) is 24.3 Å². The molecule has 1 saturated heterocycles. The van der Waals surface area contributed by atoms with Crippen molar-refractivity contribution in [2.45, 2.75) is 25.3 Å². The van der Waals surface area contributed by atoms with Crippen LogP contribution in [0.3, 0.4) is 0 Å². The van der Waals surface area contributed by atoms with Crippen LogP contribution in [0, 0.1) is 0 Å². The van der Waals surface area contributed by atoms with E-state index in [4.69, 9.17) is 10.5 Å². The zero-order valence-electron chi connectivity index (χ0n) is 10.8. The number of methoxy groups -OCH3 is 1. The maximum Gasteiger partial charge on any atom is 0.218 e. The average Bonchev–Trinajstić information content (AvgIpc) is 2.84. The molecule has 0 bridgehead atoms. The van der Waals surface area contributed by atoms with E-state index in [0.717, 1.165) is 25.3 Å². The summed E-state index contributed by atoms with van der Waals surface area (Å²) in [6.45, 7) is 1.78. The van der Waals surface area contributed by atoms with Gasteiger partial charge in [-0.1, -0.05) is 12.1 Å². The van der Waals surface area contributed by atoms with Gasteiger partial charge in [0.2, 0.25) is 5.91 Å². The lowest BCUT2D eigenvalue weighted by molar-refractivity contribution is -0.118. The summed E-state index contributed by atoms with van der Waals surface area (Å²) in [6, 6.07) is 8.55. The van der Waals surface area contributed by atoms with Gasteiger partial charge in [-0.25, -0.2) is 0 Å². The van der Waals surface area contributed by atoms with Gasteiger partial charge in [0.05, 0.1) is 7.11 Å². The van der Waals surface area contributed by atoms with Crippen molar-refractivity contribution >= 4 is 5.91 Å². The van der Waals surface area contributed by atoms with E-state index in [9.17, 15) is 4.79 Å². The summed E-state index contributed by atoms with van der Waals surface area (Å²) in [5.41, 5.74) is 6.48. The Kier molecular flexibility index (Phi) is 4.20. The highest BCUT2D eigenvalue weighted by Crippen LogP contribution is 2.33. The Balaban J connectivity index is 2.07. The number of hydrogen-bond donors (Lipinski definition) is 1. The number of carbonyl (C=O) groups excluding carboxylic acids is 1. The zero-order valence-corrected chi connectivity index (χ0v) is 10.8. The molecular formula is C14H20N2O2. The first kappa shape index (κ1) is 12.9. The second-order valence-corrected chi connectivity index (χ2v) is 4.69. The summed E-state index contributed by atoms with van der Waals surface area (Å²) in [4.78, 5) is 13.2. The molecule has 98 valence electrons. The molecule has 4 heteroatoms. The third-order valence-electron chi connectivity index (χ3n) is 3.49. The van der Waals surface area contributed by atoms with Crippen molar-refractivity contribution in [1.29, 1.82) is 0 Å². The number of nitrogens with zero attached hydrogens (tertiary/aromatic N) is 1. The van der Waals surface area contributed by atoms with Gasteiger partial charge in [0, 0.05) is 19.0 Å². The van der Waals surface area contributed by atoms with Crippen LogP contribution in [0.4, 0.5) is 0 Å². The van der Waals surface area contributed by atoms with E-state index < -0.39 is 0 Å². The molecule has 4 nitrogen and oxygen atoms in total. The third kappa shape index (κ3) is 3.01. The number of ether oxygens (including phenoxy) is 1. The Morgan fingerprint density at radius 3 is 3.11 bits per heavy atom. The number of amides is 1. The van der Waals surface area contributed by atoms with Crippen LogP contribution in [-0.4, -0.2) is 31.0 Å². The Bertz CT molecular complexity index is 420. The zero-order chi connectivity index (χ0) is 13.0. The number of nitrogens with two attached hydrogens (primary N) is 1. The number of hydrogen-bond acceptors (Lipinski definition) is 3. The molecule has 0 saturated carbocycles. The molecule has 1 aromatic carbocycles. The van der Waals surface area contributed by atoms with Crippen molar-refractivity contribution in [2.75, 3.05) is 20.2 Å². The number of rotatable bonds is 5. The summed E-state index contributed by atoms with van der Waals surface area (Å²) < 4.78 is 5.26. The largest absolute Gasteiger partial charge is 0.497 e. The van der Waals surface area contributed by atoms with Gasteiger partial charge in [0.15, 0.2) is 0 Å². The molecule has 0 aliphatic carbocycles. The van der Waals surface area contributed by atoms with Gasteiger partial charge in [0.1, 0.15) is 5.75 Å². The van der Waals surface area contributed by atoms with Crippen molar-refractivity contribution in [1.82, 2.24) is 4.90 Å². The minimum absolute atomic E-state index is 0.230. The molecule has 18 heavy (non-hydrogen) atoms. The summed E-state index contributed by atoms with van der Waals surface area (Å²) in [7, 11) is 1.68. The molecule has 0 unspecified atom stereocenters. The van der Waals surface area contributed by atoms with E-state index in [1.165, 1.54) is 12.0 Å². The molecule has 0 spiro atoms. The van der Waals surface area contributed by atoms with Gasteiger partial charge < -0.3 is 10.5 Å². The summed E-state index contributed by atoms with van der Waals surface area (Å²) >= 11 is 0. The van der Waals surface area contributed by atoms with Crippen LogP contribution in [0.25, 0.3) is 0 Å². The molecule has 1 fully saturated rings. The monoisotopic (exact) mass is 248 g/mol. The smallest absolute Gasteiger partial charge is 0.218 e. The first-order chi connectivity index (χ1) is 8.70. The van der Waals surface area contributed by atoms with Crippen LogP contribution in [0.5, 0.6) is 5.75 Å². The predicted molar refractivity (Wildman–Crippen MR) is 70.4 cm³/mol. The maximum absolute atomic E-state index is 10.9. The van der Waals surface area contributed by atoms with E-state index in [-0.39, 0.29) is 5.91 Å². The van der Waals surface area contributed by atoms with E-state index in [1.54, 1.807) is 7.11 Å². The predicted octanol–water partition coefficient (Wildman–Crippen LogP) is 1.71. The second kappa shape index (κ2) is 5.87. The van der Waals surface area contributed by atoms with Gasteiger partial charge in [-0.15, -0.1) is 0 Å². The molecule has 1 aliphatic heterocycles. The fraction of sp³-hybridized carbons (Fsp3) is 0.500. The van der Waals surface area contributed by atoms with Crippen molar-refractivity contribution in [3.05, 3.63) is 29.8 Å². The first-order valence-corrected chi connectivity index (χ1v) is 6.37. The Morgan fingerprint density at radius 1 is 1.56 bits per heavy atom. The number of benzene rings is 1. The Morgan fingerprint density at radius 2 is 2.39 bits per heavy atom. The minimum Gasteiger partial charge on any atom is -0.497 e. The molecule has 1 atom stereocenters. The quantitative estimate of drug-likeness (QED) is 0.863. The fourth-order valence-corrected chi connectivity index (χ4v) is 2.57. The third-order valence-corrected chi connectivity index (χ3v) is 3.49. The molecule has 1 amide bonds. The number of likely N-dealkylation sites (tertiary alicyclic amines) is 1. The summed E-state index contributed by atoms with van der Waals surface area (Å²) in [5.74, 6) is 0.653. The van der Waals surface area contributed by atoms with Gasteiger partial charge in [-0.3, -0.25) is 9.69 Å². The Labute approximate surface area is 108 Å². The van der Waals surface area contributed by atoms with Gasteiger partial charge in [-0.05, 0) is 37.1 Å². The highest BCUT2D eigenvalue weighted by Gasteiger charge is 2.25. The molecule has 2 N–H and O–H groups in total. The molecule has 2 rings (SSSR count). The SMILES string of the molecule is COc1cccc([C@@H]2CCCN2CCC(N)=O)c1. The van der Waals surface area contributed by atoms with Crippen LogP contribution in [0.2, 0.25) is 0 Å². The van der Waals surface area contributed by atoms with E-state index in [1.807, 2.05) is 12.1 Å². The molecule has 1 heterocycles. The van der Waals surface area contributed by atoms with E-state index in [2.05, 4.69) is 17.0 Å². The standard InChI is InChI=1S/C14H20N2O2/c1-18-12-5-2-4-11(10-12)13-6-3-8-16(13)9-7-14(15)17/h2,4-5,10,13H,3,6-9H2,1H3,(H2,15,17)/t13-/m0/s1. The van der Waals surface area contributed by atoms with Crippen molar-refractivity contribution in [3.8, 4) is 5.75 Å². The van der Waals surface area contributed by atoms with Crippen LogP contribution < -0.4 is 10.5 Å². The fourth-order valence-electron chi connectivity index (χ4n) is 2.57. The number of carbonyl (C=O) groups is 1. The lowest BCUT2D eigenvalue weighted by Gasteiger charge is -2.24. The van der Waals surface area contributed by atoms with Crippen molar-refractivity contribution < 1.29 is 9.53 Å². The van der Waals surface area contributed by atoms with Crippen LogP contribution >= 0.6 is 0 Å². The highest BCUT2D eigenvalue weighted by molar-refractivity contribution is 5.73. The van der Waals surface area contributed by atoms with E-state index >= 15 is 0 Å². The molecule has 0 aromatic heterocycles. The lowest BCUT2D eigenvalue weighted by atomic mass is 10.0. The van der Waals surface area contributed by atoms with E-state index in [0.29, 0.717) is 12.5 Å². The molecular weight excluding hydrogens is 228 g/mol. The van der Waals surface area contributed by atoms with Gasteiger partial charge in [0.25, 0.3) is 0 Å². The normalized spacial score (nSPS) is 19.9. The number of primary amides is 1. The van der Waals surface area contributed by atoms with Crippen LogP contribution in [0.1, 0.15) is 30.9 Å². The molecule has 1 aliphatic rings. The van der Waals surface area contributed by atoms with Crippen LogP contribution in [-0.2, 0) is 4.79 Å². The molecule has 0 radical (unpaired) electrons. The van der Waals surface area contributed by atoms with Gasteiger partial charge >= 0.3 is 0 Å². The Hall–Kier alpha value is -1.55. The maximum atomic E-state index is 10.9. The minimum atomic E-state index is -0.230. The van der Waals surface area contributed by atoms with Gasteiger partial charge in [-0.2, -0.15) is 0 Å². The molecule has 1 aromatic rings. The highest BCUT2D eigenvalue weighted by atomic mass is 16.5. The summed E-state index contributed by atoms with van der Waals surface area (Å²) in [5, 5.41) is 0.